The van der Waals surface area contributed by atoms with Crippen molar-refractivity contribution in [1.82, 2.24) is 14.3 Å². The van der Waals surface area contributed by atoms with Crippen LogP contribution in [0.4, 0.5) is 0 Å². The largest absolute Gasteiger partial charge is 0.497 e. The van der Waals surface area contributed by atoms with Gasteiger partial charge in [-0.1, -0.05) is 19.9 Å². The molecule has 0 amide bonds. The number of aromatic nitrogens is 2. The predicted octanol–water partition coefficient (Wildman–Crippen LogP) is 2.05. The van der Waals surface area contributed by atoms with E-state index < -0.39 is 15.6 Å². The Morgan fingerprint density at radius 1 is 1.41 bits per heavy atom. The van der Waals surface area contributed by atoms with Crippen LogP contribution in [0.5, 0.6) is 5.75 Å². The summed E-state index contributed by atoms with van der Waals surface area (Å²) in [5.74, 6) is 1.54. The van der Waals surface area contributed by atoms with Crippen LogP contribution in [-0.4, -0.2) is 36.7 Å². The predicted molar refractivity (Wildman–Crippen MR) is 102 cm³/mol. The smallest absolute Gasteiger partial charge is 0.259 e. The molecule has 0 saturated carbocycles. The van der Waals surface area contributed by atoms with Crippen molar-refractivity contribution < 1.29 is 18.3 Å². The van der Waals surface area contributed by atoms with Crippen LogP contribution >= 0.6 is 0 Å². The standard InChI is InChI=1S/C19H27N3O4S/c1-13(2)18-21-17(11-22(18)3)27(24,25)20-12-19(23)9-5-6-14-10-15(26-4)7-8-16(14)19/h7-8,10-11,13,20,23H,5-6,9,12H2,1-4H3. The number of benzene rings is 1. The number of sulfonamides is 1. The number of nitrogens with zero attached hydrogens (tertiary/aromatic N) is 2. The van der Waals surface area contributed by atoms with Crippen molar-refractivity contribution in [3.63, 3.8) is 0 Å². The van der Waals surface area contributed by atoms with E-state index in [-0.39, 0.29) is 17.5 Å². The molecule has 2 N–H and O–H groups in total. The first-order valence-electron chi connectivity index (χ1n) is 9.09. The molecule has 1 aliphatic carbocycles. The van der Waals surface area contributed by atoms with Crippen molar-refractivity contribution in [2.24, 2.45) is 7.05 Å². The van der Waals surface area contributed by atoms with Crippen molar-refractivity contribution in [2.45, 2.75) is 49.7 Å². The lowest BCUT2D eigenvalue weighted by molar-refractivity contribution is 0.0242. The Balaban J connectivity index is 1.83. The lowest BCUT2D eigenvalue weighted by Gasteiger charge is -2.34. The van der Waals surface area contributed by atoms with Gasteiger partial charge in [-0.25, -0.2) is 18.1 Å². The van der Waals surface area contributed by atoms with Gasteiger partial charge in [0, 0.05) is 25.7 Å². The van der Waals surface area contributed by atoms with Gasteiger partial charge in [-0.05, 0) is 42.5 Å². The summed E-state index contributed by atoms with van der Waals surface area (Å²) in [5.41, 5.74) is 0.492. The Labute approximate surface area is 160 Å². The molecule has 2 aromatic rings. The van der Waals surface area contributed by atoms with E-state index in [2.05, 4.69) is 9.71 Å². The van der Waals surface area contributed by atoms with E-state index in [0.717, 1.165) is 29.7 Å². The van der Waals surface area contributed by atoms with E-state index in [0.29, 0.717) is 12.2 Å². The van der Waals surface area contributed by atoms with Crippen LogP contribution in [0.25, 0.3) is 0 Å². The Bertz CT molecular complexity index is 936. The Morgan fingerprint density at radius 3 is 2.78 bits per heavy atom. The zero-order chi connectivity index (χ0) is 19.8. The van der Waals surface area contributed by atoms with Gasteiger partial charge in [-0.3, -0.25) is 0 Å². The second kappa shape index (κ2) is 7.26. The van der Waals surface area contributed by atoms with E-state index in [1.165, 1.54) is 6.20 Å². The van der Waals surface area contributed by atoms with Crippen LogP contribution in [0.1, 0.15) is 49.6 Å². The van der Waals surface area contributed by atoms with Gasteiger partial charge in [0.2, 0.25) is 0 Å². The van der Waals surface area contributed by atoms with Crippen LogP contribution in [0.15, 0.2) is 29.4 Å². The summed E-state index contributed by atoms with van der Waals surface area (Å²) in [5, 5.41) is 11.1. The summed E-state index contributed by atoms with van der Waals surface area (Å²) >= 11 is 0. The minimum absolute atomic E-state index is 0.0249. The third-order valence-electron chi connectivity index (χ3n) is 5.09. The zero-order valence-corrected chi connectivity index (χ0v) is 17.0. The summed E-state index contributed by atoms with van der Waals surface area (Å²) in [6.45, 7) is 3.83. The summed E-state index contributed by atoms with van der Waals surface area (Å²) in [7, 11) is -0.437. The molecule has 0 fully saturated rings. The van der Waals surface area contributed by atoms with Gasteiger partial charge in [0.1, 0.15) is 17.2 Å². The molecular weight excluding hydrogens is 366 g/mol. The molecule has 148 valence electrons. The first kappa shape index (κ1) is 19.9. The fourth-order valence-electron chi connectivity index (χ4n) is 3.65. The number of rotatable bonds is 6. The summed E-state index contributed by atoms with van der Waals surface area (Å²) < 4.78 is 34.9. The number of nitrogens with one attached hydrogen (secondary N) is 1. The number of fused-ring (bicyclic) bond motifs is 1. The Kier molecular flexibility index (Phi) is 5.33. The summed E-state index contributed by atoms with van der Waals surface area (Å²) in [4.78, 5) is 4.25. The molecule has 27 heavy (non-hydrogen) atoms. The number of imidazole rings is 1. The maximum absolute atomic E-state index is 12.7. The van der Waals surface area contributed by atoms with Crippen molar-refractivity contribution in [3.8, 4) is 5.75 Å². The Hall–Kier alpha value is -1.90. The van der Waals surface area contributed by atoms with Crippen LogP contribution in [0.3, 0.4) is 0 Å². The lowest BCUT2D eigenvalue weighted by atomic mass is 9.79. The zero-order valence-electron chi connectivity index (χ0n) is 16.2. The fourth-order valence-corrected chi connectivity index (χ4v) is 4.74. The molecule has 1 aromatic carbocycles. The molecule has 1 unspecified atom stereocenters. The minimum Gasteiger partial charge on any atom is -0.497 e. The van der Waals surface area contributed by atoms with Gasteiger partial charge in [-0.2, -0.15) is 0 Å². The highest BCUT2D eigenvalue weighted by Crippen LogP contribution is 2.36. The maximum Gasteiger partial charge on any atom is 0.259 e. The number of hydrogen-bond acceptors (Lipinski definition) is 5. The van der Waals surface area contributed by atoms with Crippen molar-refractivity contribution >= 4 is 10.0 Å². The number of aliphatic hydroxyl groups is 1. The SMILES string of the molecule is COc1ccc2c(c1)CCCC2(O)CNS(=O)(=O)c1cn(C)c(C(C)C)n1. The number of aryl methyl sites for hydroxylation is 2. The normalized spacial score (nSPS) is 19.9. The summed E-state index contributed by atoms with van der Waals surface area (Å²) in [6.07, 6.45) is 3.61. The molecule has 1 atom stereocenters. The molecule has 0 radical (unpaired) electrons. The number of ether oxygens (including phenoxy) is 1. The molecule has 8 heteroatoms. The second-order valence-corrected chi connectivity index (χ2v) is 9.15. The maximum atomic E-state index is 12.7. The van der Waals surface area contributed by atoms with Crippen molar-refractivity contribution in [1.29, 1.82) is 0 Å². The molecule has 7 nitrogen and oxygen atoms in total. The van der Waals surface area contributed by atoms with Gasteiger partial charge < -0.3 is 14.4 Å². The molecule has 0 spiro atoms. The number of methoxy groups -OCH3 is 1. The first-order valence-corrected chi connectivity index (χ1v) is 10.6. The highest BCUT2D eigenvalue weighted by atomic mass is 32.2. The van der Waals surface area contributed by atoms with Gasteiger partial charge in [0.25, 0.3) is 10.0 Å². The van der Waals surface area contributed by atoms with Gasteiger partial charge in [0.15, 0.2) is 5.03 Å². The van der Waals surface area contributed by atoms with Crippen LogP contribution in [-0.2, 0) is 29.1 Å². The minimum atomic E-state index is -3.81. The van der Waals surface area contributed by atoms with Crippen LogP contribution < -0.4 is 9.46 Å². The van der Waals surface area contributed by atoms with E-state index in [1.54, 1.807) is 24.8 Å². The molecule has 0 aliphatic heterocycles. The van der Waals surface area contributed by atoms with Gasteiger partial charge >= 0.3 is 0 Å². The van der Waals surface area contributed by atoms with Crippen LogP contribution in [0.2, 0.25) is 0 Å². The van der Waals surface area contributed by atoms with E-state index >= 15 is 0 Å². The monoisotopic (exact) mass is 393 g/mol. The molecule has 0 bridgehead atoms. The molecular formula is C19H27N3O4S. The van der Waals surface area contributed by atoms with Gasteiger partial charge in [-0.15, -0.1) is 0 Å². The first-order chi connectivity index (χ1) is 12.7. The molecule has 1 aromatic heterocycles. The number of hydrogen-bond donors (Lipinski definition) is 2. The summed E-state index contributed by atoms with van der Waals surface area (Å²) in [6, 6.07) is 5.51. The van der Waals surface area contributed by atoms with Crippen LogP contribution in [0, 0.1) is 0 Å². The third kappa shape index (κ3) is 3.88. The lowest BCUT2D eigenvalue weighted by Crippen LogP contribution is -2.43. The van der Waals surface area contributed by atoms with E-state index in [1.807, 2.05) is 26.0 Å². The van der Waals surface area contributed by atoms with E-state index in [4.69, 9.17) is 4.74 Å². The molecule has 3 rings (SSSR count). The quantitative estimate of drug-likeness (QED) is 0.783. The topological polar surface area (TPSA) is 93.5 Å². The Morgan fingerprint density at radius 2 is 2.15 bits per heavy atom. The van der Waals surface area contributed by atoms with E-state index in [9.17, 15) is 13.5 Å². The molecule has 1 aliphatic rings. The highest BCUT2D eigenvalue weighted by molar-refractivity contribution is 7.89. The second-order valence-electron chi connectivity index (χ2n) is 7.44. The fraction of sp³-hybridized carbons (Fsp3) is 0.526. The molecule has 1 heterocycles. The van der Waals surface area contributed by atoms with Crippen molar-refractivity contribution in [2.75, 3.05) is 13.7 Å². The average molecular weight is 394 g/mol. The highest BCUT2D eigenvalue weighted by Gasteiger charge is 2.36. The van der Waals surface area contributed by atoms with Crippen molar-refractivity contribution in [3.05, 3.63) is 41.3 Å². The average Bonchev–Trinajstić information content (AvgIpc) is 3.03. The third-order valence-corrected chi connectivity index (χ3v) is 6.36. The molecule has 0 saturated heterocycles. The van der Waals surface area contributed by atoms with Gasteiger partial charge in [0.05, 0.1) is 7.11 Å².